The Bertz CT molecular complexity index is 533. The highest BCUT2D eigenvalue weighted by atomic mass is 15.0. The van der Waals surface area contributed by atoms with Crippen LogP contribution in [0.2, 0.25) is 0 Å². The highest BCUT2D eigenvalue weighted by Gasteiger charge is 2.19. The fourth-order valence-corrected chi connectivity index (χ4v) is 2.31. The Hall–Kier alpha value is -1.81. The van der Waals surface area contributed by atoms with E-state index in [0.717, 1.165) is 35.7 Å². The number of rotatable bonds is 2. The molecule has 0 saturated carbocycles. The van der Waals surface area contributed by atoms with Crippen molar-refractivity contribution in [3.05, 3.63) is 42.1 Å². The normalized spacial score (nSPS) is 19.1. The van der Waals surface area contributed by atoms with E-state index in [1.54, 1.807) is 6.20 Å². The first-order valence-electron chi connectivity index (χ1n) is 6.32. The minimum absolute atomic E-state index is 0.306. The van der Waals surface area contributed by atoms with E-state index < -0.39 is 0 Å². The van der Waals surface area contributed by atoms with Crippen LogP contribution < -0.4 is 5.32 Å². The zero-order chi connectivity index (χ0) is 12.4. The molecule has 0 radical (unpaired) electrons. The summed E-state index contributed by atoms with van der Waals surface area (Å²) in [6, 6.07) is 6.27. The lowest BCUT2D eigenvalue weighted by Gasteiger charge is -2.11. The van der Waals surface area contributed by atoms with Crippen LogP contribution in [0.3, 0.4) is 0 Å². The van der Waals surface area contributed by atoms with Gasteiger partial charge in [0.1, 0.15) is 5.82 Å². The smallest absolute Gasteiger partial charge is 0.146 e. The molecule has 1 aliphatic rings. The van der Waals surface area contributed by atoms with Crippen molar-refractivity contribution in [1.82, 2.24) is 20.3 Å². The van der Waals surface area contributed by atoms with Crippen LogP contribution in [0.25, 0.3) is 11.3 Å². The second-order valence-electron chi connectivity index (χ2n) is 4.64. The Morgan fingerprint density at radius 1 is 1.33 bits per heavy atom. The van der Waals surface area contributed by atoms with E-state index in [2.05, 4.69) is 20.3 Å². The van der Waals surface area contributed by atoms with Gasteiger partial charge in [-0.3, -0.25) is 4.98 Å². The van der Waals surface area contributed by atoms with Crippen molar-refractivity contribution >= 4 is 0 Å². The second kappa shape index (κ2) is 4.82. The van der Waals surface area contributed by atoms with Gasteiger partial charge in [-0.15, -0.1) is 0 Å². The second-order valence-corrected chi connectivity index (χ2v) is 4.64. The summed E-state index contributed by atoms with van der Waals surface area (Å²) in [6.07, 6.45) is 5.94. The van der Waals surface area contributed by atoms with E-state index in [9.17, 15) is 0 Å². The summed E-state index contributed by atoms with van der Waals surface area (Å²) in [5.74, 6) is 0.909. The molecule has 0 spiro atoms. The van der Waals surface area contributed by atoms with E-state index >= 15 is 0 Å². The molecule has 0 aliphatic carbocycles. The van der Waals surface area contributed by atoms with Crippen molar-refractivity contribution in [2.75, 3.05) is 6.54 Å². The molecule has 92 valence electrons. The first kappa shape index (κ1) is 11.3. The Kier molecular flexibility index (Phi) is 3.02. The zero-order valence-electron chi connectivity index (χ0n) is 10.4. The van der Waals surface area contributed by atoms with Crippen LogP contribution in [0.1, 0.15) is 30.4 Å². The summed E-state index contributed by atoms with van der Waals surface area (Å²) < 4.78 is 0. The lowest BCUT2D eigenvalue weighted by Crippen LogP contribution is -2.16. The molecule has 4 heteroatoms. The minimum Gasteiger partial charge on any atom is -0.307 e. The van der Waals surface area contributed by atoms with Gasteiger partial charge in [0.25, 0.3) is 0 Å². The highest BCUT2D eigenvalue weighted by Crippen LogP contribution is 2.23. The van der Waals surface area contributed by atoms with E-state index in [1.165, 1.54) is 6.42 Å². The lowest BCUT2D eigenvalue weighted by molar-refractivity contribution is 0.603. The molecule has 0 bridgehead atoms. The van der Waals surface area contributed by atoms with Crippen LogP contribution in [0, 0.1) is 6.92 Å². The average Bonchev–Trinajstić information content (AvgIpc) is 2.93. The van der Waals surface area contributed by atoms with Crippen molar-refractivity contribution in [3.63, 3.8) is 0 Å². The molecule has 2 aromatic rings. The van der Waals surface area contributed by atoms with Crippen molar-refractivity contribution < 1.29 is 0 Å². The molecule has 1 aliphatic heterocycles. The van der Waals surface area contributed by atoms with Gasteiger partial charge < -0.3 is 5.32 Å². The van der Waals surface area contributed by atoms with Gasteiger partial charge in [-0.1, -0.05) is 0 Å². The molecule has 18 heavy (non-hydrogen) atoms. The van der Waals surface area contributed by atoms with Crippen LogP contribution in [-0.4, -0.2) is 21.5 Å². The van der Waals surface area contributed by atoms with Crippen molar-refractivity contribution in [1.29, 1.82) is 0 Å². The summed E-state index contributed by atoms with van der Waals surface area (Å²) in [5, 5.41) is 3.44. The number of aryl methyl sites for hydroxylation is 1. The minimum atomic E-state index is 0.306. The molecule has 3 heterocycles. The number of hydrogen-bond donors (Lipinski definition) is 1. The van der Waals surface area contributed by atoms with Gasteiger partial charge in [0, 0.05) is 23.7 Å². The molecule has 1 saturated heterocycles. The van der Waals surface area contributed by atoms with Gasteiger partial charge in [0.05, 0.1) is 11.7 Å². The molecule has 4 nitrogen and oxygen atoms in total. The van der Waals surface area contributed by atoms with Crippen molar-refractivity contribution in [2.24, 2.45) is 0 Å². The third-order valence-corrected chi connectivity index (χ3v) is 3.20. The predicted octanol–water partition coefficient (Wildman–Crippen LogP) is 2.27. The quantitative estimate of drug-likeness (QED) is 0.875. The SMILES string of the molecule is Cc1cc(-c2cccnc2)nc(C2CCCN2)n1. The van der Waals surface area contributed by atoms with Crippen LogP contribution in [0.4, 0.5) is 0 Å². The van der Waals surface area contributed by atoms with E-state index in [4.69, 9.17) is 0 Å². The molecule has 1 unspecified atom stereocenters. The molecule has 1 fully saturated rings. The third kappa shape index (κ3) is 2.24. The molecule has 3 rings (SSSR count). The molecule has 0 amide bonds. The lowest BCUT2D eigenvalue weighted by atomic mass is 10.1. The van der Waals surface area contributed by atoms with Crippen LogP contribution >= 0.6 is 0 Å². The first-order chi connectivity index (χ1) is 8.83. The maximum Gasteiger partial charge on any atom is 0.146 e. The van der Waals surface area contributed by atoms with Crippen LogP contribution in [0.15, 0.2) is 30.6 Å². The average molecular weight is 240 g/mol. The summed E-state index contributed by atoms with van der Waals surface area (Å²) in [7, 11) is 0. The van der Waals surface area contributed by atoms with E-state index in [-0.39, 0.29) is 0 Å². The number of nitrogens with zero attached hydrogens (tertiary/aromatic N) is 3. The van der Waals surface area contributed by atoms with Gasteiger partial charge in [-0.25, -0.2) is 9.97 Å². The zero-order valence-corrected chi connectivity index (χ0v) is 10.4. The summed E-state index contributed by atoms with van der Waals surface area (Å²) >= 11 is 0. The fourth-order valence-electron chi connectivity index (χ4n) is 2.31. The summed E-state index contributed by atoms with van der Waals surface area (Å²) in [6.45, 7) is 3.07. The molecule has 1 N–H and O–H groups in total. The van der Waals surface area contributed by atoms with Gasteiger partial charge >= 0.3 is 0 Å². The van der Waals surface area contributed by atoms with Gasteiger partial charge in [-0.2, -0.15) is 0 Å². The highest BCUT2D eigenvalue weighted by molar-refractivity contribution is 5.57. The topological polar surface area (TPSA) is 50.7 Å². The van der Waals surface area contributed by atoms with E-state index in [1.807, 2.05) is 31.3 Å². The van der Waals surface area contributed by atoms with Crippen LogP contribution in [-0.2, 0) is 0 Å². The van der Waals surface area contributed by atoms with Gasteiger partial charge in [0.2, 0.25) is 0 Å². The van der Waals surface area contributed by atoms with Crippen molar-refractivity contribution in [3.8, 4) is 11.3 Å². The molecule has 1 atom stereocenters. The predicted molar refractivity (Wildman–Crippen MR) is 70.0 cm³/mol. The standard InChI is InChI=1S/C14H16N4/c1-10-8-13(11-4-2-6-15-9-11)18-14(17-10)12-5-3-7-16-12/h2,4,6,8-9,12,16H,3,5,7H2,1H3. The Morgan fingerprint density at radius 2 is 2.28 bits per heavy atom. The van der Waals surface area contributed by atoms with E-state index in [0.29, 0.717) is 6.04 Å². The summed E-state index contributed by atoms with van der Waals surface area (Å²) in [4.78, 5) is 13.4. The van der Waals surface area contributed by atoms with Crippen molar-refractivity contribution in [2.45, 2.75) is 25.8 Å². The maximum atomic E-state index is 4.67. The number of hydrogen-bond acceptors (Lipinski definition) is 4. The largest absolute Gasteiger partial charge is 0.307 e. The number of pyridine rings is 1. The first-order valence-corrected chi connectivity index (χ1v) is 6.32. The number of nitrogens with one attached hydrogen (secondary N) is 1. The molecule has 0 aromatic carbocycles. The van der Waals surface area contributed by atoms with Gasteiger partial charge in [0.15, 0.2) is 0 Å². The Morgan fingerprint density at radius 3 is 3.00 bits per heavy atom. The fraction of sp³-hybridized carbons (Fsp3) is 0.357. The molecular weight excluding hydrogens is 224 g/mol. The Labute approximate surface area is 107 Å². The summed E-state index contributed by atoms with van der Waals surface area (Å²) in [5.41, 5.74) is 3.01. The van der Waals surface area contributed by atoms with Gasteiger partial charge in [-0.05, 0) is 44.5 Å². The number of aromatic nitrogens is 3. The molecular formula is C14H16N4. The maximum absolute atomic E-state index is 4.67. The van der Waals surface area contributed by atoms with Crippen LogP contribution in [0.5, 0.6) is 0 Å². The molecule has 2 aromatic heterocycles. The monoisotopic (exact) mass is 240 g/mol. The Balaban J connectivity index is 2.00. The third-order valence-electron chi connectivity index (χ3n) is 3.20.